The van der Waals surface area contributed by atoms with Crippen molar-refractivity contribution in [2.45, 2.75) is 51.9 Å². The molecule has 2 aromatic rings. The summed E-state index contributed by atoms with van der Waals surface area (Å²) < 4.78 is 6.02. The van der Waals surface area contributed by atoms with E-state index in [0.29, 0.717) is 6.61 Å². The van der Waals surface area contributed by atoms with Gasteiger partial charge in [-0.25, -0.2) is 14.6 Å². The molecule has 0 aliphatic carbocycles. The lowest BCUT2D eigenvalue weighted by molar-refractivity contribution is -0.137. The number of unbranched alkanes of at least 4 members (excludes halogenated alkanes) is 5. The summed E-state index contributed by atoms with van der Waals surface area (Å²) in [4.78, 5) is 29.6. The van der Waals surface area contributed by atoms with Crippen molar-refractivity contribution in [2.75, 3.05) is 18.9 Å². The number of esters is 1. The van der Waals surface area contributed by atoms with Gasteiger partial charge in [-0.1, -0.05) is 49.2 Å². The molecular weight excluding hydrogens is 464 g/mol. The average molecular weight is 495 g/mol. The van der Waals surface area contributed by atoms with Gasteiger partial charge in [-0.05, 0) is 68.2 Å². The van der Waals surface area contributed by atoms with Gasteiger partial charge in [-0.15, -0.1) is 11.3 Å². The van der Waals surface area contributed by atoms with Crippen LogP contribution in [0.25, 0.3) is 16.3 Å². The fourth-order valence-electron chi connectivity index (χ4n) is 3.04. The number of carbonyl (C=O) groups excluding carboxylic acids is 2. The highest BCUT2D eigenvalue weighted by Crippen LogP contribution is 2.24. The number of nitrogens with zero attached hydrogens (tertiary/aromatic N) is 1. The number of rotatable bonds is 15. The zero-order chi connectivity index (χ0) is 23.0. The van der Waals surface area contributed by atoms with Gasteiger partial charge in [0.25, 0.3) is 0 Å². The van der Waals surface area contributed by atoms with Gasteiger partial charge in [-0.3, -0.25) is 4.79 Å². The number of aromatic nitrogens is 1. The molecule has 0 atom stereocenters. The number of thioether (sulfide) groups is 1. The van der Waals surface area contributed by atoms with Crippen molar-refractivity contribution in [3.05, 3.63) is 47.0 Å². The molecule has 0 amide bonds. The monoisotopic (exact) mass is 494 g/mol. The molecule has 32 heavy (non-hydrogen) atoms. The molecule has 0 bridgehead atoms. The molecule has 0 aliphatic rings. The van der Waals surface area contributed by atoms with Gasteiger partial charge >= 0.3 is 5.97 Å². The first-order valence-corrected chi connectivity index (χ1v) is 13.2. The molecule has 1 heterocycles. The molecule has 0 radical (unpaired) electrons. The normalized spacial score (nSPS) is 11.7. The minimum absolute atomic E-state index is 0.103. The number of hydrogen-bond acceptors (Lipinski definition) is 7. The van der Waals surface area contributed by atoms with E-state index in [-0.39, 0.29) is 17.6 Å². The highest BCUT2D eigenvalue weighted by molar-refractivity contribution is 8.13. The van der Waals surface area contributed by atoms with Crippen LogP contribution in [0.4, 0.5) is 0 Å². The predicted molar refractivity (Wildman–Crippen MR) is 137 cm³/mol. The number of ether oxygens (including phenoxy) is 1. The maximum Gasteiger partial charge on any atom is 0.330 e. The Morgan fingerprint density at radius 1 is 1.19 bits per heavy atom. The second kappa shape index (κ2) is 16.0. The van der Waals surface area contributed by atoms with Crippen molar-refractivity contribution in [3.63, 3.8) is 0 Å². The van der Waals surface area contributed by atoms with Gasteiger partial charge < -0.3 is 4.74 Å². The number of hydrogen-bond donors (Lipinski definition) is 1. The first-order chi connectivity index (χ1) is 15.6. The lowest BCUT2D eigenvalue weighted by Crippen LogP contribution is -2.10. The van der Waals surface area contributed by atoms with Gasteiger partial charge in [0.15, 0.2) is 0 Å². The van der Waals surface area contributed by atoms with Crippen molar-refractivity contribution in [3.8, 4) is 0 Å². The summed E-state index contributed by atoms with van der Waals surface area (Å²) in [6.45, 7) is 2.39. The summed E-state index contributed by atoms with van der Waals surface area (Å²) in [5.41, 5.74) is 2.21. The molecule has 1 aromatic carbocycles. The summed E-state index contributed by atoms with van der Waals surface area (Å²) >= 11 is 8.24. The van der Waals surface area contributed by atoms with E-state index in [1.54, 1.807) is 24.3 Å². The highest BCUT2D eigenvalue weighted by atomic mass is 35.5. The number of carbonyl (C=O) groups is 2. The Labute approximate surface area is 203 Å². The summed E-state index contributed by atoms with van der Waals surface area (Å²) in [5.74, 6) is 0.536. The van der Waals surface area contributed by atoms with E-state index in [1.165, 1.54) is 49.1 Å². The Hall–Kier alpha value is -1.67. The van der Waals surface area contributed by atoms with Crippen molar-refractivity contribution < 1.29 is 14.3 Å². The second-order valence-corrected chi connectivity index (χ2v) is 9.68. The highest BCUT2D eigenvalue weighted by Gasteiger charge is 2.04. The van der Waals surface area contributed by atoms with E-state index in [0.717, 1.165) is 40.2 Å². The predicted octanol–water partition coefficient (Wildman–Crippen LogP) is 6.32. The van der Waals surface area contributed by atoms with Gasteiger partial charge in [0.1, 0.15) is 5.01 Å². The van der Waals surface area contributed by atoms with Gasteiger partial charge in [0.05, 0.1) is 23.4 Å². The van der Waals surface area contributed by atoms with Crippen molar-refractivity contribution in [1.29, 1.82) is 0 Å². The molecule has 0 saturated heterocycles. The minimum atomic E-state index is -0.344. The third-order valence-electron chi connectivity index (χ3n) is 4.63. The van der Waals surface area contributed by atoms with Crippen molar-refractivity contribution >= 4 is 62.3 Å². The maximum absolute atomic E-state index is 11.4. The third kappa shape index (κ3) is 10.8. The molecule has 0 aliphatic heterocycles. The van der Waals surface area contributed by atoms with Gasteiger partial charge in [0.2, 0.25) is 5.12 Å². The third-order valence-corrected chi connectivity index (χ3v) is 6.70. The zero-order valence-corrected chi connectivity index (χ0v) is 20.9. The Balaban J connectivity index is 1.62. The lowest BCUT2D eigenvalue weighted by Gasteiger charge is -2.01. The van der Waals surface area contributed by atoms with Crippen LogP contribution in [0.3, 0.4) is 0 Å². The van der Waals surface area contributed by atoms with E-state index in [2.05, 4.69) is 34.1 Å². The molecule has 174 valence electrons. The fraction of sp³-hybridized carbons (Fsp3) is 0.458. The number of benzene rings is 1. The average Bonchev–Trinajstić information content (AvgIpc) is 3.18. The van der Waals surface area contributed by atoms with E-state index >= 15 is 0 Å². The van der Waals surface area contributed by atoms with Crippen molar-refractivity contribution in [1.82, 2.24) is 9.82 Å². The quantitative estimate of drug-likeness (QED) is 0.103. The maximum atomic E-state index is 11.4. The second-order valence-electron chi connectivity index (χ2n) is 7.20. The fourth-order valence-corrected chi connectivity index (χ4v) is 4.92. The van der Waals surface area contributed by atoms with E-state index in [4.69, 9.17) is 16.5 Å². The van der Waals surface area contributed by atoms with E-state index in [9.17, 15) is 9.59 Å². The molecule has 1 aromatic heterocycles. The van der Waals surface area contributed by atoms with Crippen LogP contribution in [-0.4, -0.2) is 35.0 Å². The van der Waals surface area contributed by atoms with Gasteiger partial charge in [0, 0.05) is 11.8 Å². The molecule has 2 rings (SSSR count). The molecule has 0 unspecified atom stereocenters. The largest absolute Gasteiger partial charge is 0.463 e. The summed E-state index contributed by atoms with van der Waals surface area (Å²) in [5, 5.41) is 0.907. The molecule has 5 nitrogen and oxygen atoms in total. The Kier molecular flexibility index (Phi) is 13.3. The first kappa shape index (κ1) is 26.6. The van der Waals surface area contributed by atoms with Crippen LogP contribution in [0.5, 0.6) is 0 Å². The molecule has 0 saturated carbocycles. The molecule has 1 N–H and O–H groups in total. The van der Waals surface area contributed by atoms with Crippen LogP contribution < -0.4 is 4.84 Å². The number of nitrogens with one attached hydrogen (secondary N) is 1. The van der Waals surface area contributed by atoms with Crippen LogP contribution >= 0.6 is 34.9 Å². The minimum Gasteiger partial charge on any atom is -0.463 e. The Morgan fingerprint density at radius 2 is 2.00 bits per heavy atom. The van der Waals surface area contributed by atoms with Crippen LogP contribution in [0.15, 0.2) is 36.4 Å². The topological polar surface area (TPSA) is 68.3 Å². The summed E-state index contributed by atoms with van der Waals surface area (Å²) in [6, 6.07) is 6.32. The van der Waals surface area contributed by atoms with Crippen LogP contribution in [0.1, 0.15) is 56.0 Å². The van der Waals surface area contributed by atoms with E-state index in [1.807, 2.05) is 6.07 Å². The van der Waals surface area contributed by atoms with Gasteiger partial charge in [-0.2, -0.15) is 0 Å². The standard InChI is InChI=1S/C24H31ClN2O3S2/c1-2-30-23(28)15-14-22-27-20-13-12-19(17-21(20)32-22)11-9-7-5-3-4-6-8-10-16-31-24(29)18-26-25/h7,9,12-15,17,26H,2-6,8,10-11,16,18H2,1H3/b9-7-,15-14+. The Morgan fingerprint density at radius 3 is 2.81 bits per heavy atom. The van der Waals surface area contributed by atoms with E-state index < -0.39 is 0 Å². The number of allylic oxidation sites excluding steroid dienone is 2. The number of thiazole rings is 1. The van der Waals surface area contributed by atoms with Crippen LogP contribution in [0, 0.1) is 0 Å². The summed E-state index contributed by atoms with van der Waals surface area (Å²) in [7, 11) is 0. The zero-order valence-electron chi connectivity index (χ0n) is 18.5. The van der Waals surface area contributed by atoms with Crippen LogP contribution in [-0.2, 0) is 20.7 Å². The lowest BCUT2D eigenvalue weighted by atomic mass is 10.1. The summed E-state index contributed by atoms with van der Waals surface area (Å²) in [6.07, 6.45) is 15.5. The van der Waals surface area contributed by atoms with Crippen molar-refractivity contribution in [2.24, 2.45) is 0 Å². The molecule has 0 spiro atoms. The Bertz CT molecular complexity index is 912. The number of fused-ring (bicyclic) bond motifs is 1. The SMILES string of the molecule is CCOC(=O)/C=C/c1nc2ccc(C/C=C\CCCCCCCSC(=O)CNCl)cc2s1. The number of halogens is 1. The molecule has 8 heteroatoms. The smallest absolute Gasteiger partial charge is 0.330 e. The van der Waals surface area contributed by atoms with Crippen LogP contribution in [0.2, 0.25) is 0 Å². The first-order valence-electron chi connectivity index (χ1n) is 11.0. The molecular formula is C24H31ClN2O3S2. The molecule has 0 fully saturated rings.